The van der Waals surface area contributed by atoms with Crippen LogP contribution in [0.15, 0.2) is 9.59 Å². The molecule has 1 aliphatic carbocycles. The zero-order valence-electron chi connectivity index (χ0n) is 13.9. The van der Waals surface area contributed by atoms with E-state index in [4.69, 9.17) is 5.73 Å². The number of nitrogens with zero attached hydrogens (tertiary/aromatic N) is 3. The van der Waals surface area contributed by atoms with E-state index in [9.17, 15) is 9.59 Å². The van der Waals surface area contributed by atoms with E-state index in [2.05, 4.69) is 9.97 Å². The first-order valence-electron chi connectivity index (χ1n) is 8.54. The van der Waals surface area contributed by atoms with Crippen LogP contribution in [0.1, 0.15) is 58.2 Å². The first kappa shape index (κ1) is 16.0. The van der Waals surface area contributed by atoms with Gasteiger partial charge in [-0.15, -0.1) is 0 Å². The molecule has 0 radical (unpaired) electrons. The Kier molecular flexibility index (Phi) is 4.14. The van der Waals surface area contributed by atoms with Crippen LogP contribution in [-0.4, -0.2) is 19.1 Å². The summed E-state index contributed by atoms with van der Waals surface area (Å²) in [4.78, 5) is 33.0. The predicted molar refractivity (Wildman–Crippen MR) is 89.5 cm³/mol. The number of aromatic nitrogens is 4. The van der Waals surface area contributed by atoms with Gasteiger partial charge in [-0.1, -0.05) is 26.7 Å². The van der Waals surface area contributed by atoms with Gasteiger partial charge < -0.3 is 10.7 Å². The van der Waals surface area contributed by atoms with Crippen LogP contribution in [0, 0.1) is 0 Å². The lowest BCUT2D eigenvalue weighted by atomic mass is 9.99. The number of rotatable bonds is 5. The summed E-state index contributed by atoms with van der Waals surface area (Å²) < 4.78 is 2.92. The third-order valence-corrected chi connectivity index (χ3v) is 4.73. The van der Waals surface area contributed by atoms with Crippen molar-refractivity contribution in [3.8, 4) is 0 Å². The molecule has 0 atom stereocenters. The van der Waals surface area contributed by atoms with Crippen LogP contribution >= 0.6 is 0 Å². The van der Waals surface area contributed by atoms with Crippen LogP contribution in [0.3, 0.4) is 0 Å². The van der Waals surface area contributed by atoms with Crippen LogP contribution in [0.2, 0.25) is 0 Å². The van der Waals surface area contributed by atoms with Crippen LogP contribution in [0.25, 0.3) is 11.2 Å². The lowest BCUT2D eigenvalue weighted by molar-refractivity contribution is 0.436. The molecular weight excluding hydrogens is 294 g/mol. The summed E-state index contributed by atoms with van der Waals surface area (Å²) in [6.07, 6.45) is 5.37. The average molecular weight is 319 g/mol. The largest absolute Gasteiger partial charge is 0.332 e. The molecule has 3 N–H and O–H groups in total. The highest BCUT2D eigenvalue weighted by Gasteiger charge is 2.35. The van der Waals surface area contributed by atoms with E-state index in [-0.39, 0.29) is 11.2 Å². The summed E-state index contributed by atoms with van der Waals surface area (Å²) in [6.45, 7) is 4.92. The summed E-state index contributed by atoms with van der Waals surface area (Å²) in [5.74, 6) is 0.639. The van der Waals surface area contributed by atoms with Gasteiger partial charge >= 0.3 is 5.69 Å². The monoisotopic (exact) mass is 319 g/mol. The number of nitrogens with two attached hydrogens (primary N) is 1. The summed E-state index contributed by atoms with van der Waals surface area (Å²) in [5, 5.41) is 0. The molecule has 126 valence electrons. The van der Waals surface area contributed by atoms with Crippen molar-refractivity contribution in [2.24, 2.45) is 5.73 Å². The lowest BCUT2D eigenvalue weighted by Gasteiger charge is -2.19. The second kappa shape index (κ2) is 5.96. The van der Waals surface area contributed by atoms with E-state index in [0.717, 1.165) is 38.5 Å². The van der Waals surface area contributed by atoms with Gasteiger partial charge in [-0.25, -0.2) is 9.78 Å². The van der Waals surface area contributed by atoms with Gasteiger partial charge in [-0.2, -0.15) is 0 Å². The number of hydrogen-bond donors (Lipinski definition) is 2. The Bertz CT molecular complexity index is 823. The number of H-pyrrole nitrogens is 1. The molecule has 0 spiro atoms. The van der Waals surface area contributed by atoms with E-state index in [0.29, 0.717) is 30.1 Å². The lowest BCUT2D eigenvalue weighted by Crippen LogP contribution is -2.40. The van der Waals surface area contributed by atoms with Crippen molar-refractivity contribution in [2.45, 2.75) is 71.0 Å². The summed E-state index contributed by atoms with van der Waals surface area (Å²) in [6, 6.07) is 0. The van der Waals surface area contributed by atoms with E-state index >= 15 is 0 Å². The Labute approximate surface area is 134 Å². The van der Waals surface area contributed by atoms with Gasteiger partial charge in [0.25, 0.3) is 5.56 Å². The Hall–Kier alpha value is -1.89. The minimum absolute atomic E-state index is 0.265. The summed E-state index contributed by atoms with van der Waals surface area (Å²) in [5.41, 5.74) is 6.22. The normalized spacial score (nSPS) is 17.2. The highest BCUT2D eigenvalue weighted by Crippen LogP contribution is 2.35. The number of aromatic amines is 1. The van der Waals surface area contributed by atoms with E-state index in [1.54, 1.807) is 4.57 Å². The zero-order chi connectivity index (χ0) is 16.6. The van der Waals surface area contributed by atoms with Crippen molar-refractivity contribution >= 4 is 11.2 Å². The van der Waals surface area contributed by atoms with Gasteiger partial charge in [0, 0.05) is 13.1 Å². The number of aryl methyl sites for hydroxylation is 1. The predicted octanol–water partition coefficient (Wildman–Crippen LogP) is 1.43. The SMILES string of the molecule is CCCn1c(=O)c2nc(C3(N)CCCC3)[nH]c2n(CCC)c1=O. The smallest absolute Gasteiger partial charge is 0.326 e. The third kappa shape index (κ3) is 2.52. The number of imidazole rings is 1. The topological polar surface area (TPSA) is 98.7 Å². The van der Waals surface area contributed by atoms with E-state index in [1.807, 2.05) is 13.8 Å². The molecule has 2 aromatic heterocycles. The van der Waals surface area contributed by atoms with Gasteiger partial charge in [-0.3, -0.25) is 13.9 Å². The van der Waals surface area contributed by atoms with Gasteiger partial charge in [0.15, 0.2) is 5.52 Å². The molecule has 0 unspecified atom stereocenters. The molecule has 0 bridgehead atoms. The molecule has 7 heteroatoms. The maximum absolute atomic E-state index is 12.7. The highest BCUT2D eigenvalue weighted by molar-refractivity contribution is 5.70. The van der Waals surface area contributed by atoms with Crippen molar-refractivity contribution in [1.82, 2.24) is 19.1 Å². The van der Waals surface area contributed by atoms with Crippen molar-refractivity contribution in [3.63, 3.8) is 0 Å². The molecule has 1 saturated carbocycles. The Morgan fingerprint density at radius 1 is 1.13 bits per heavy atom. The summed E-state index contributed by atoms with van der Waals surface area (Å²) >= 11 is 0. The van der Waals surface area contributed by atoms with Crippen LogP contribution < -0.4 is 17.0 Å². The van der Waals surface area contributed by atoms with Crippen molar-refractivity contribution in [1.29, 1.82) is 0 Å². The van der Waals surface area contributed by atoms with Gasteiger partial charge in [0.2, 0.25) is 0 Å². The molecule has 1 aliphatic rings. The molecule has 2 heterocycles. The second-order valence-corrected chi connectivity index (χ2v) is 6.54. The van der Waals surface area contributed by atoms with Crippen LogP contribution in [-0.2, 0) is 18.6 Å². The zero-order valence-corrected chi connectivity index (χ0v) is 13.9. The van der Waals surface area contributed by atoms with Crippen molar-refractivity contribution in [2.75, 3.05) is 0 Å². The molecule has 1 fully saturated rings. The maximum atomic E-state index is 12.7. The summed E-state index contributed by atoms with van der Waals surface area (Å²) in [7, 11) is 0. The van der Waals surface area contributed by atoms with Gasteiger partial charge in [0.05, 0.1) is 5.54 Å². The molecular formula is C16H25N5O2. The number of fused-ring (bicyclic) bond motifs is 1. The fraction of sp³-hybridized carbons (Fsp3) is 0.688. The molecule has 2 aromatic rings. The third-order valence-electron chi connectivity index (χ3n) is 4.73. The van der Waals surface area contributed by atoms with Gasteiger partial charge in [-0.05, 0) is 25.7 Å². The average Bonchev–Trinajstić information content (AvgIpc) is 3.15. The molecule has 0 saturated heterocycles. The minimum atomic E-state index is -0.506. The minimum Gasteiger partial charge on any atom is -0.326 e. The Morgan fingerprint density at radius 3 is 2.35 bits per heavy atom. The van der Waals surface area contributed by atoms with Crippen molar-refractivity contribution < 1.29 is 0 Å². The first-order valence-corrected chi connectivity index (χ1v) is 8.54. The molecule has 0 aromatic carbocycles. The van der Waals surface area contributed by atoms with Crippen LogP contribution in [0.4, 0.5) is 0 Å². The quantitative estimate of drug-likeness (QED) is 0.871. The molecule has 3 rings (SSSR count). The Balaban J connectivity index is 2.27. The number of hydrogen-bond acceptors (Lipinski definition) is 4. The molecule has 7 nitrogen and oxygen atoms in total. The Morgan fingerprint density at radius 2 is 1.74 bits per heavy atom. The van der Waals surface area contributed by atoms with E-state index < -0.39 is 5.54 Å². The first-order chi connectivity index (χ1) is 11.0. The fourth-order valence-electron chi connectivity index (χ4n) is 3.49. The standard InChI is InChI=1S/C16H25N5O2/c1-3-9-20-12-11(13(22)21(10-4-2)15(20)23)18-14(19-12)16(17)7-5-6-8-16/h3-10,17H2,1-2H3,(H,18,19). The fourth-order valence-corrected chi connectivity index (χ4v) is 3.49. The second-order valence-electron chi connectivity index (χ2n) is 6.54. The van der Waals surface area contributed by atoms with Crippen molar-refractivity contribution in [3.05, 3.63) is 26.7 Å². The maximum Gasteiger partial charge on any atom is 0.332 e. The number of nitrogens with one attached hydrogen (secondary N) is 1. The molecule has 0 aliphatic heterocycles. The van der Waals surface area contributed by atoms with Crippen LogP contribution in [0.5, 0.6) is 0 Å². The highest BCUT2D eigenvalue weighted by atomic mass is 16.2. The van der Waals surface area contributed by atoms with E-state index in [1.165, 1.54) is 4.57 Å². The molecule has 23 heavy (non-hydrogen) atoms. The molecule has 0 amide bonds. The van der Waals surface area contributed by atoms with Gasteiger partial charge in [0.1, 0.15) is 11.5 Å².